The number of nitrogens with two attached hydrogens (primary N) is 1. The van der Waals surface area contributed by atoms with Gasteiger partial charge in [0.2, 0.25) is 0 Å². The van der Waals surface area contributed by atoms with Crippen molar-refractivity contribution < 1.29 is 9.53 Å². The number of benzene rings is 1. The van der Waals surface area contributed by atoms with Gasteiger partial charge in [0.15, 0.2) is 0 Å². The average molecular weight is 340 g/mol. The van der Waals surface area contributed by atoms with Crippen LogP contribution in [0.5, 0.6) is 0 Å². The van der Waals surface area contributed by atoms with E-state index in [1.807, 2.05) is 33.8 Å². The van der Waals surface area contributed by atoms with E-state index >= 15 is 0 Å². The summed E-state index contributed by atoms with van der Waals surface area (Å²) in [6, 6.07) is 3.87. The zero-order chi connectivity index (χ0) is 17.1. The number of piperazine rings is 1. The van der Waals surface area contributed by atoms with Crippen molar-refractivity contribution in [2.45, 2.75) is 46.4 Å². The van der Waals surface area contributed by atoms with Crippen LogP contribution >= 0.6 is 11.6 Å². The number of rotatable bonds is 3. The monoisotopic (exact) mass is 339 g/mol. The molecule has 0 radical (unpaired) electrons. The number of nitrogen functional groups attached to an aromatic ring is 1. The van der Waals surface area contributed by atoms with Crippen LogP contribution in [0.1, 0.15) is 31.9 Å². The molecule has 1 heterocycles. The molecule has 6 heteroatoms. The third kappa shape index (κ3) is 4.52. The molecule has 0 spiro atoms. The van der Waals surface area contributed by atoms with Crippen LogP contribution in [-0.4, -0.2) is 47.7 Å². The van der Waals surface area contributed by atoms with E-state index in [2.05, 4.69) is 4.90 Å². The fourth-order valence-corrected chi connectivity index (χ4v) is 3.13. The number of ether oxygens (including phenoxy) is 1. The van der Waals surface area contributed by atoms with Crippen molar-refractivity contribution >= 4 is 23.4 Å². The van der Waals surface area contributed by atoms with Crippen LogP contribution < -0.4 is 5.73 Å². The second kappa shape index (κ2) is 7.41. The number of anilines is 1. The van der Waals surface area contributed by atoms with Crippen LogP contribution in [0.25, 0.3) is 0 Å². The molecule has 0 bridgehead atoms. The summed E-state index contributed by atoms with van der Waals surface area (Å²) in [5.74, 6) is 0. The van der Waals surface area contributed by atoms with Crippen LogP contribution in [0.15, 0.2) is 12.1 Å². The van der Waals surface area contributed by atoms with Crippen molar-refractivity contribution in [3.05, 3.63) is 28.3 Å². The Balaban J connectivity index is 2.00. The number of carbonyl (C=O) groups excluding carboxylic acids is 1. The lowest BCUT2D eigenvalue weighted by molar-refractivity contribution is 0.0349. The van der Waals surface area contributed by atoms with Crippen LogP contribution in [-0.2, 0) is 11.3 Å². The minimum absolute atomic E-state index is 0.0928. The molecule has 1 saturated heterocycles. The Morgan fingerprint density at radius 1 is 1.43 bits per heavy atom. The molecule has 0 aliphatic carbocycles. The quantitative estimate of drug-likeness (QED) is 0.858. The van der Waals surface area contributed by atoms with Crippen molar-refractivity contribution in [2.75, 3.05) is 25.4 Å². The fraction of sp³-hybridized carbons (Fsp3) is 0.588. The minimum atomic E-state index is -0.227. The molecule has 0 unspecified atom stereocenters. The first-order valence-corrected chi connectivity index (χ1v) is 8.39. The highest BCUT2D eigenvalue weighted by molar-refractivity contribution is 6.31. The predicted molar refractivity (Wildman–Crippen MR) is 93.7 cm³/mol. The summed E-state index contributed by atoms with van der Waals surface area (Å²) in [4.78, 5) is 16.2. The van der Waals surface area contributed by atoms with Crippen molar-refractivity contribution in [1.82, 2.24) is 9.80 Å². The van der Waals surface area contributed by atoms with Gasteiger partial charge in [-0.2, -0.15) is 0 Å². The van der Waals surface area contributed by atoms with Crippen LogP contribution in [0.4, 0.5) is 10.5 Å². The second-order valence-corrected chi connectivity index (χ2v) is 6.93. The maximum atomic E-state index is 12.1. The first-order chi connectivity index (χ1) is 10.8. The lowest BCUT2D eigenvalue weighted by Gasteiger charge is -2.39. The number of hydrogen-bond donors (Lipinski definition) is 1. The number of hydrogen-bond acceptors (Lipinski definition) is 4. The molecule has 1 fully saturated rings. The lowest BCUT2D eigenvalue weighted by atomic mass is 10.1. The van der Waals surface area contributed by atoms with Crippen LogP contribution in [0.2, 0.25) is 5.02 Å². The first kappa shape index (κ1) is 17.9. The topological polar surface area (TPSA) is 58.8 Å². The van der Waals surface area contributed by atoms with E-state index in [9.17, 15) is 4.79 Å². The standard InChI is InChI=1S/C17H26ClN3O2/c1-11(2)23-17(22)21-6-5-20(9-12(21)3)10-14-7-15(18)8-16(19)13(14)4/h7-8,11-12H,5-6,9-10,19H2,1-4H3/t12-/m0/s1. The average Bonchev–Trinajstić information content (AvgIpc) is 2.43. The highest BCUT2D eigenvalue weighted by Gasteiger charge is 2.29. The molecule has 128 valence electrons. The molecule has 1 aromatic carbocycles. The van der Waals surface area contributed by atoms with Gasteiger partial charge in [-0.25, -0.2) is 4.79 Å². The molecule has 1 atom stereocenters. The van der Waals surface area contributed by atoms with E-state index in [0.29, 0.717) is 11.6 Å². The molecule has 2 N–H and O–H groups in total. The molecule has 1 aliphatic heterocycles. The Labute approximate surface area is 143 Å². The summed E-state index contributed by atoms with van der Waals surface area (Å²) in [6.07, 6.45) is -0.319. The van der Waals surface area contributed by atoms with Crippen molar-refractivity contribution in [3.8, 4) is 0 Å². The molecule has 1 amide bonds. The third-order valence-electron chi connectivity index (χ3n) is 4.20. The maximum Gasteiger partial charge on any atom is 0.410 e. The maximum absolute atomic E-state index is 12.1. The Kier molecular flexibility index (Phi) is 5.76. The Hall–Kier alpha value is -1.46. The SMILES string of the molecule is Cc1c(N)cc(Cl)cc1CN1CCN(C(=O)OC(C)C)[C@@H](C)C1. The number of amides is 1. The van der Waals surface area contributed by atoms with Gasteiger partial charge in [-0.1, -0.05) is 11.6 Å². The molecule has 1 aliphatic rings. The molecule has 0 saturated carbocycles. The molecule has 0 aromatic heterocycles. The second-order valence-electron chi connectivity index (χ2n) is 6.49. The van der Waals surface area contributed by atoms with Crippen molar-refractivity contribution in [2.24, 2.45) is 0 Å². The number of carbonyl (C=O) groups is 1. The van der Waals surface area contributed by atoms with E-state index < -0.39 is 0 Å². The fourth-order valence-electron chi connectivity index (χ4n) is 2.88. The van der Waals surface area contributed by atoms with Gasteiger partial charge in [0.1, 0.15) is 0 Å². The Bertz CT molecular complexity index is 577. The third-order valence-corrected chi connectivity index (χ3v) is 4.42. The first-order valence-electron chi connectivity index (χ1n) is 8.02. The predicted octanol–water partition coefficient (Wildman–Crippen LogP) is 3.28. The zero-order valence-electron chi connectivity index (χ0n) is 14.3. The van der Waals surface area contributed by atoms with Crippen molar-refractivity contribution in [3.63, 3.8) is 0 Å². The van der Waals surface area contributed by atoms with Gasteiger partial charge in [0.05, 0.1) is 6.10 Å². The highest BCUT2D eigenvalue weighted by Crippen LogP contribution is 2.24. The summed E-state index contributed by atoms with van der Waals surface area (Å²) in [7, 11) is 0. The normalized spacial score (nSPS) is 19.2. The Morgan fingerprint density at radius 3 is 2.74 bits per heavy atom. The lowest BCUT2D eigenvalue weighted by Crippen LogP contribution is -2.54. The van der Waals surface area contributed by atoms with Gasteiger partial charge in [0, 0.05) is 42.9 Å². The number of halogens is 1. The largest absolute Gasteiger partial charge is 0.447 e. The molecule has 2 rings (SSSR count). The minimum Gasteiger partial charge on any atom is -0.447 e. The summed E-state index contributed by atoms with van der Waals surface area (Å²) in [6.45, 7) is 10.9. The molecule has 23 heavy (non-hydrogen) atoms. The van der Waals surface area contributed by atoms with Gasteiger partial charge in [0.25, 0.3) is 0 Å². The highest BCUT2D eigenvalue weighted by atomic mass is 35.5. The summed E-state index contributed by atoms with van der Waals surface area (Å²) < 4.78 is 5.30. The summed E-state index contributed by atoms with van der Waals surface area (Å²) in [5, 5.41) is 0.662. The van der Waals surface area contributed by atoms with Gasteiger partial charge < -0.3 is 15.4 Å². The molecule has 1 aromatic rings. The summed E-state index contributed by atoms with van der Waals surface area (Å²) >= 11 is 6.11. The van der Waals surface area contributed by atoms with E-state index in [-0.39, 0.29) is 18.2 Å². The van der Waals surface area contributed by atoms with Crippen LogP contribution in [0.3, 0.4) is 0 Å². The van der Waals surface area contributed by atoms with E-state index in [1.165, 1.54) is 0 Å². The van der Waals surface area contributed by atoms with E-state index in [4.69, 9.17) is 22.1 Å². The van der Waals surface area contributed by atoms with Gasteiger partial charge in [-0.15, -0.1) is 0 Å². The van der Waals surface area contributed by atoms with Crippen LogP contribution in [0, 0.1) is 6.92 Å². The van der Waals surface area contributed by atoms with Gasteiger partial charge in [-0.3, -0.25) is 4.90 Å². The Morgan fingerprint density at radius 2 is 2.13 bits per heavy atom. The number of nitrogens with zero attached hydrogens (tertiary/aromatic N) is 2. The van der Waals surface area contributed by atoms with E-state index in [0.717, 1.165) is 36.4 Å². The molecule has 5 nitrogen and oxygen atoms in total. The van der Waals surface area contributed by atoms with Gasteiger partial charge >= 0.3 is 6.09 Å². The summed E-state index contributed by atoms with van der Waals surface area (Å²) in [5.41, 5.74) is 8.92. The molecular formula is C17H26ClN3O2. The molecular weight excluding hydrogens is 314 g/mol. The van der Waals surface area contributed by atoms with E-state index in [1.54, 1.807) is 11.0 Å². The smallest absolute Gasteiger partial charge is 0.410 e. The van der Waals surface area contributed by atoms with Crippen molar-refractivity contribution in [1.29, 1.82) is 0 Å². The van der Waals surface area contributed by atoms with Gasteiger partial charge in [-0.05, 0) is 51.0 Å². The zero-order valence-corrected chi connectivity index (χ0v) is 15.1.